The van der Waals surface area contributed by atoms with E-state index in [0.717, 1.165) is 24.1 Å². The molecule has 0 atom stereocenters. The van der Waals surface area contributed by atoms with Gasteiger partial charge in [-0.05, 0) is 43.4 Å². The number of carboxylic acids is 2. The summed E-state index contributed by atoms with van der Waals surface area (Å²) in [5, 5.41) is 14.8. The minimum atomic E-state index is -1.82. The summed E-state index contributed by atoms with van der Waals surface area (Å²) in [6, 6.07) is 10.6. The molecule has 27 heavy (non-hydrogen) atoms. The van der Waals surface area contributed by atoms with E-state index in [1.165, 1.54) is 36.3 Å². The molecule has 0 amide bonds. The van der Waals surface area contributed by atoms with Gasteiger partial charge in [-0.2, -0.15) is 0 Å². The Morgan fingerprint density at radius 2 is 1.74 bits per heavy atom. The number of carbonyl (C=O) groups is 2. The molecule has 0 bridgehead atoms. The fraction of sp³-hybridized carbons (Fsp3) is 0.500. The molecule has 1 aliphatic rings. The van der Waals surface area contributed by atoms with E-state index in [0.29, 0.717) is 0 Å². The van der Waals surface area contributed by atoms with Crippen LogP contribution in [0.15, 0.2) is 30.3 Å². The van der Waals surface area contributed by atoms with E-state index < -0.39 is 11.9 Å². The van der Waals surface area contributed by atoms with Gasteiger partial charge in [0, 0.05) is 13.0 Å². The van der Waals surface area contributed by atoms with Gasteiger partial charge in [-0.1, -0.05) is 36.3 Å². The molecule has 5 nitrogen and oxygen atoms in total. The van der Waals surface area contributed by atoms with Crippen molar-refractivity contribution in [2.45, 2.75) is 36.8 Å². The van der Waals surface area contributed by atoms with Crippen LogP contribution in [0.1, 0.15) is 31.2 Å². The summed E-state index contributed by atoms with van der Waals surface area (Å²) in [6.45, 7) is 1.84. The van der Waals surface area contributed by atoms with E-state index in [-0.39, 0.29) is 0 Å². The van der Waals surface area contributed by atoms with Gasteiger partial charge in [0.1, 0.15) is 0 Å². The van der Waals surface area contributed by atoms with Crippen LogP contribution in [0.2, 0.25) is 0 Å². The number of unbranched alkanes of at least 4 members (excludes halogenated alkanes) is 1. The Labute approximate surface area is 169 Å². The van der Waals surface area contributed by atoms with Crippen molar-refractivity contribution in [3.8, 4) is 11.8 Å². The normalized spacial score (nSPS) is 13.9. The van der Waals surface area contributed by atoms with E-state index in [2.05, 4.69) is 77.6 Å². The molecule has 1 heterocycles. The van der Waals surface area contributed by atoms with Crippen LogP contribution in [0.4, 0.5) is 0 Å². The van der Waals surface area contributed by atoms with Crippen LogP contribution >= 0.6 is 23.5 Å². The standard InChI is InChI=1S/C18H25NS2.C2H2O4/c1-19(16-17-10-5-4-6-11-17)13-8-3-2-7-12-18-20-14-9-15-21-18;3-1(4)2(5)6/h4-6,10-11,18H,2,7,9,12-16H2,1H3;(H,3,4)(H,5,6). The Kier molecular flexibility index (Phi) is 12.5. The van der Waals surface area contributed by atoms with Crippen LogP contribution in [-0.4, -0.2) is 56.7 Å². The highest BCUT2D eigenvalue weighted by molar-refractivity contribution is 8.17. The fourth-order valence-corrected chi connectivity index (χ4v) is 5.25. The maximum atomic E-state index is 9.10. The van der Waals surface area contributed by atoms with E-state index in [1.807, 2.05) is 0 Å². The molecule has 1 fully saturated rings. The molecule has 1 aliphatic heterocycles. The van der Waals surface area contributed by atoms with Crippen molar-refractivity contribution in [2.75, 3.05) is 25.1 Å². The second-order valence-corrected chi connectivity index (χ2v) is 8.96. The number of benzene rings is 1. The maximum absolute atomic E-state index is 9.10. The van der Waals surface area contributed by atoms with Crippen molar-refractivity contribution in [3.63, 3.8) is 0 Å². The Hall–Kier alpha value is -1.62. The zero-order valence-electron chi connectivity index (χ0n) is 15.6. The van der Waals surface area contributed by atoms with Crippen LogP contribution in [0.3, 0.4) is 0 Å². The zero-order valence-corrected chi connectivity index (χ0v) is 17.2. The highest BCUT2D eigenvalue weighted by atomic mass is 32.2. The minimum Gasteiger partial charge on any atom is -0.473 e. The number of carboxylic acid groups (broad SMARTS) is 2. The van der Waals surface area contributed by atoms with Gasteiger partial charge in [0.2, 0.25) is 0 Å². The number of thioether (sulfide) groups is 2. The summed E-state index contributed by atoms with van der Waals surface area (Å²) in [5.74, 6) is 5.70. The van der Waals surface area contributed by atoms with Gasteiger partial charge < -0.3 is 10.2 Å². The lowest BCUT2D eigenvalue weighted by atomic mass is 10.2. The lowest BCUT2D eigenvalue weighted by molar-refractivity contribution is -0.159. The Morgan fingerprint density at radius 1 is 1.11 bits per heavy atom. The number of aliphatic carboxylic acids is 2. The molecule has 0 spiro atoms. The quantitative estimate of drug-likeness (QED) is 0.422. The van der Waals surface area contributed by atoms with Crippen LogP contribution in [0.5, 0.6) is 0 Å². The molecule has 0 unspecified atom stereocenters. The molecule has 0 aliphatic carbocycles. The maximum Gasteiger partial charge on any atom is 0.414 e. The van der Waals surface area contributed by atoms with Crippen molar-refractivity contribution in [2.24, 2.45) is 0 Å². The number of nitrogens with zero attached hydrogens (tertiary/aromatic N) is 1. The molecule has 0 radical (unpaired) electrons. The average Bonchev–Trinajstić information content (AvgIpc) is 2.66. The molecule has 0 aromatic heterocycles. The van der Waals surface area contributed by atoms with Crippen molar-refractivity contribution in [1.29, 1.82) is 0 Å². The highest BCUT2D eigenvalue weighted by Crippen LogP contribution is 2.33. The predicted molar refractivity (Wildman–Crippen MR) is 113 cm³/mol. The van der Waals surface area contributed by atoms with E-state index in [4.69, 9.17) is 19.8 Å². The van der Waals surface area contributed by atoms with E-state index >= 15 is 0 Å². The van der Waals surface area contributed by atoms with Crippen molar-refractivity contribution in [1.82, 2.24) is 4.90 Å². The molecule has 2 N–H and O–H groups in total. The number of hydrogen-bond acceptors (Lipinski definition) is 5. The Balaban J connectivity index is 0.000000527. The van der Waals surface area contributed by atoms with Gasteiger partial charge in [-0.3, -0.25) is 4.90 Å². The lowest BCUT2D eigenvalue weighted by Crippen LogP contribution is -2.17. The lowest BCUT2D eigenvalue weighted by Gasteiger charge is -2.20. The van der Waals surface area contributed by atoms with Gasteiger partial charge in [-0.15, -0.1) is 29.4 Å². The first-order valence-electron chi connectivity index (χ1n) is 8.86. The molecule has 0 saturated carbocycles. The summed E-state index contributed by atoms with van der Waals surface area (Å²) in [7, 11) is 2.14. The smallest absolute Gasteiger partial charge is 0.414 e. The van der Waals surface area contributed by atoms with E-state index in [1.54, 1.807) is 0 Å². The third kappa shape index (κ3) is 12.4. The van der Waals surface area contributed by atoms with Gasteiger partial charge in [0.25, 0.3) is 0 Å². The third-order valence-corrected chi connectivity index (χ3v) is 6.67. The van der Waals surface area contributed by atoms with Gasteiger partial charge in [0.05, 0.1) is 11.1 Å². The summed E-state index contributed by atoms with van der Waals surface area (Å²) in [4.78, 5) is 20.5. The highest BCUT2D eigenvalue weighted by Gasteiger charge is 2.13. The molecular weight excluding hydrogens is 382 g/mol. The minimum absolute atomic E-state index is 0.835. The Bertz CT molecular complexity index is 610. The molecule has 7 heteroatoms. The molecule has 1 aromatic rings. The third-order valence-electron chi connectivity index (χ3n) is 3.59. The monoisotopic (exact) mass is 409 g/mol. The van der Waals surface area contributed by atoms with Gasteiger partial charge in [-0.25, -0.2) is 9.59 Å². The van der Waals surface area contributed by atoms with E-state index in [9.17, 15) is 0 Å². The SMILES string of the molecule is CN(CC#CCCCC1SCCCS1)Cc1ccccc1.O=C(O)C(=O)O. The summed E-state index contributed by atoms with van der Waals surface area (Å²) in [6.07, 6.45) is 5.01. The molecule has 2 rings (SSSR count). The predicted octanol–water partition coefficient (Wildman–Crippen LogP) is 3.64. The van der Waals surface area contributed by atoms with Crippen LogP contribution < -0.4 is 0 Å². The summed E-state index contributed by atoms with van der Waals surface area (Å²) in [5.41, 5.74) is 1.35. The first-order valence-corrected chi connectivity index (χ1v) is 11.0. The zero-order chi connectivity index (χ0) is 19.9. The van der Waals surface area contributed by atoms with Crippen LogP contribution in [0, 0.1) is 11.8 Å². The molecule has 148 valence electrons. The first kappa shape index (κ1) is 23.4. The molecule has 1 saturated heterocycles. The van der Waals surface area contributed by atoms with Crippen LogP contribution in [-0.2, 0) is 16.1 Å². The van der Waals surface area contributed by atoms with Gasteiger partial charge in [0.15, 0.2) is 0 Å². The Morgan fingerprint density at radius 3 is 2.33 bits per heavy atom. The number of hydrogen-bond donors (Lipinski definition) is 2. The largest absolute Gasteiger partial charge is 0.473 e. The summed E-state index contributed by atoms with van der Waals surface area (Å²) >= 11 is 4.28. The second kappa shape index (κ2) is 14.4. The fourth-order valence-electron chi connectivity index (χ4n) is 2.29. The first-order chi connectivity index (χ1) is 13.0. The van der Waals surface area contributed by atoms with Crippen LogP contribution in [0.25, 0.3) is 0 Å². The van der Waals surface area contributed by atoms with Crippen molar-refractivity contribution in [3.05, 3.63) is 35.9 Å². The molecule has 1 aromatic carbocycles. The van der Waals surface area contributed by atoms with Crippen molar-refractivity contribution < 1.29 is 19.8 Å². The molecular formula is C20H27NO4S2. The topological polar surface area (TPSA) is 77.8 Å². The second-order valence-electron chi connectivity index (χ2n) is 6.04. The van der Waals surface area contributed by atoms with Gasteiger partial charge >= 0.3 is 11.9 Å². The van der Waals surface area contributed by atoms with Crippen molar-refractivity contribution >= 4 is 35.5 Å². The number of rotatable bonds is 6. The average molecular weight is 410 g/mol. The summed E-state index contributed by atoms with van der Waals surface area (Å²) < 4.78 is 0.835.